The van der Waals surface area contributed by atoms with Gasteiger partial charge in [0.2, 0.25) is 0 Å². The first kappa shape index (κ1) is 13.8. The van der Waals surface area contributed by atoms with Crippen molar-refractivity contribution in [3.05, 3.63) is 35.7 Å². The Morgan fingerprint density at radius 2 is 2.06 bits per heavy atom. The molecule has 17 heavy (non-hydrogen) atoms. The third kappa shape index (κ3) is 5.03. The third-order valence-electron chi connectivity index (χ3n) is 2.80. The molecular weight excluding hydrogens is 213 g/mol. The van der Waals surface area contributed by atoms with Crippen molar-refractivity contribution in [1.29, 1.82) is 0 Å². The highest BCUT2D eigenvalue weighted by Crippen LogP contribution is 2.16. The Hall–Kier alpha value is -1.31. The summed E-state index contributed by atoms with van der Waals surface area (Å²) in [6.45, 7) is 2.21. The van der Waals surface area contributed by atoms with Gasteiger partial charge in [0.05, 0.1) is 5.69 Å². The van der Waals surface area contributed by atoms with Crippen LogP contribution in [0, 0.1) is 5.82 Å². The monoisotopic (exact) mass is 235 g/mol. The molecule has 1 nitrogen and oxygen atoms in total. The number of nitrogens with one attached hydrogen (secondary N) is 1. The highest BCUT2D eigenvalue weighted by molar-refractivity contribution is 5.55. The number of unbranched alkanes of at least 4 members (excludes halogenated alkanes) is 4. The first-order chi connectivity index (χ1) is 8.27. The maximum atomic E-state index is 13.4. The van der Waals surface area contributed by atoms with Crippen LogP contribution in [-0.4, -0.2) is 7.05 Å². The summed E-state index contributed by atoms with van der Waals surface area (Å²) in [5.41, 5.74) is 1.47. The van der Waals surface area contributed by atoms with Crippen LogP contribution < -0.4 is 5.32 Å². The number of anilines is 1. The smallest absolute Gasteiger partial charge is 0.146 e. The molecule has 0 aliphatic carbocycles. The minimum Gasteiger partial charge on any atom is -0.386 e. The second-order valence-electron chi connectivity index (χ2n) is 4.24. The third-order valence-corrected chi connectivity index (χ3v) is 2.80. The molecule has 1 aromatic rings. The standard InChI is InChI=1S/C15H22FN/c1-3-4-5-6-7-8-9-13-10-11-15(17-2)14(16)12-13/h8-12,17H,3-7H2,1-2H3. The van der Waals surface area contributed by atoms with Gasteiger partial charge in [-0.3, -0.25) is 0 Å². The Labute approximate surface area is 104 Å². The fourth-order valence-electron chi connectivity index (χ4n) is 1.75. The minimum atomic E-state index is -0.194. The molecule has 1 aromatic carbocycles. The van der Waals surface area contributed by atoms with Crippen molar-refractivity contribution in [2.75, 3.05) is 12.4 Å². The first-order valence-electron chi connectivity index (χ1n) is 6.41. The summed E-state index contributed by atoms with van der Waals surface area (Å²) < 4.78 is 13.4. The van der Waals surface area contributed by atoms with E-state index in [0.29, 0.717) is 5.69 Å². The summed E-state index contributed by atoms with van der Waals surface area (Å²) in [4.78, 5) is 0. The number of rotatable bonds is 7. The molecule has 0 saturated carbocycles. The van der Waals surface area contributed by atoms with Gasteiger partial charge < -0.3 is 5.32 Å². The topological polar surface area (TPSA) is 12.0 Å². The SMILES string of the molecule is CCCCCCC=Cc1ccc(NC)c(F)c1. The fourth-order valence-corrected chi connectivity index (χ4v) is 1.75. The zero-order valence-corrected chi connectivity index (χ0v) is 10.8. The van der Waals surface area contributed by atoms with Gasteiger partial charge in [-0.05, 0) is 30.5 Å². The van der Waals surface area contributed by atoms with Crippen LogP contribution in [0.4, 0.5) is 10.1 Å². The van der Waals surface area contributed by atoms with Gasteiger partial charge in [0.25, 0.3) is 0 Å². The van der Waals surface area contributed by atoms with Gasteiger partial charge in [-0.1, -0.05) is 44.4 Å². The maximum Gasteiger partial charge on any atom is 0.146 e. The molecule has 0 fully saturated rings. The highest BCUT2D eigenvalue weighted by atomic mass is 19.1. The van der Waals surface area contributed by atoms with E-state index < -0.39 is 0 Å². The Bertz CT molecular complexity index is 358. The Balaban J connectivity index is 2.40. The summed E-state index contributed by atoms with van der Waals surface area (Å²) in [6.07, 6.45) is 10.3. The van der Waals surface area contributed by atoms with Crippen molar-refractivity contribution in [2.24, 2.45) is 0 Å². The molecule has 0 atom stereocenters. The number of halogens is 1. The molecule has 0 aliphatic rings. The lowest BCUT2D eigenvalue weighted by Crippen LogP contribution is -1.92. The van der Waals surface area contributed by atoms with Crippen molar-refractivity contribution in [1.82, 2.24) is 0 Å². The highest BCUT2D eigenvalue weighted by Gasteiger charge is 1.98. The average Bonchev–Trinajstić information content (AvgIpc) is 2.34. The number of benzene rings is 1. The zero-order chi connectivity index (χ0) is 12.5. The van der Waals surface area contributed by atoms with Crippen molar-refractivity contribution in [3.63, 3.8) is 0 Å². The molecule has 1 rings (SSSR count). The molecule has 0 amide bonds. The van der Waals surface area contributed by atoms with Gasteiger partial charge in [-0.25, -0.2) is 4.39 Å². The Kier molecular flexibility index (Phi) is 6.38. The van der Waals surface area contributed by atoms with Crippen LogP contribution in [0.15, 0.2) is 24.3 Å². The molecule has 0 unspecified atom stereocenters. The predicted octanol–water partition coefficient (Wildman–Crippen LogP) is 4.85. The van der Waals surface area contributed by atoms with Gasteiger partial charge in [-0.15, -0.1) is 0 Å². The van der Waals surface area contributed by atoms with Crippen LogP contribution in [0.2, 0.25) is 0 Å². The van der Waals surface area contributed by atoms with E-state index in [0.717, 1.165) is 12.0 Å². The Morgan fingerprint density at radius 1 is 1.24 bits per heavy atom. The van der Waals surface area contributed by atoms with Crippen LogP contribution in [0.1, 0.15) is 44.6 Å². The van der Waals surface area contributed by atoms with Crippen LogP contribution in [-0.2, 0) is 0 Å². The molecule has 0 spiro atoms. The summed E-state index contributed by atoms with van der Waals surface area (Å²) in [7, 11) is 1.72. The van der Waals surface area contributed by atoms with Crippen LogP contribution >= 0.6 is 0 Å². The number of allylic oxidation sites excluding steroid dienone is 1. The lowest BCUT2D eigenvalue weighted by molar-refractivity contribution is 0.631. The Morgan fingerprint density at radius 3 is 2.71 bits per heavy atom. The molecule has 1 N–H and O–H groups in total. The lowest BCUT2D eigenvalue weighted by Gasteiger charge is -2.02. The summed E-state index contributed by atoms with van der Waals surface area (Å²) in [5, 5.41) is 2.81. The fraction of sp³-hybridized carbons (Fsp3) is 0.467. The number of hydrogen-bond donors (Lipinski definition) is 1. The summed E-state index contributed by atoms with van der Waals surface area (Å²) in [5.74, 6) is -0.194. The molecule has 0 saturated heterocycles. The van der Waals surface area contributed by atoms with Crippen LogP contribution in [0.5, 0.6) is 0 Å². The van der Waals surface area contributed by atoms with Crippen LogP contribution in [0.3, 0.4) is 0 Å². The van der Waals surface area contributed by atoms with E-state index in [2.05, 4.69) is 18.3 Å². The van der Waals surface area contributed by atoms with E-state index >= 15 is 0 Å². The maximum absolute atomic E-state index is 13.4. The first-order valence-corrected chi connectivity index (χ1v) is 6.41. The molecule has 0 aliphatic heterocycles. The largest absolute Gasteiger partial charge is 0.386 e. The molecule has 0 radical (unpaired) electrons. The van der Waals surface area contributed by atoms with E-state index in [4.69, 9.17) is 0 Å². The van der Waals surface area contributed by atoms with Crippen molar-refractivity contribution >= 4 is 11.8 Å². The van der Waals surface area contributed by atoms with Crippen molar-refractivity contribution in [2.45, 2.75) is 39.0 Å². The van der Waals surface area contributed by atoms with Gasteiger partial charge in [-0.2, -0.15) is 0 Å². The van der Waals surface area contributed by atoms with E-state index in [1.54, 1.807) is 19.2 Å². The zero-order valence-electron chi connectivity index (χ0n) is 10.8. The quantitative estimate of drug-likeness (QED) is 0.666. The minimum absolute atomic E-state index is 0.194. The molecule has 2 heteroatoms. The second-order valence-corrected chi connectivity index (χ2v) is 4.24. The van der Waals surface area contributed by atoms with Gasteiger partial charge in [0.15, 0.2) is 0 Å². The van der Waals surface area contributed by atoms with E-state index in [1.165, 1.54) is 25.7 Å². The second kappa shape index (κ2) is 7.88. The number of hydrogen-bond acceptors (Lipinski definition) is 1. The summed E-state index contributed by atoms with van der Waals surface area (Å²) in [6, 6.07) is 5.26. The van der Waals surface area contributed by atoms with Crippen molar-refractivity contribution < 1.29 is 4.39 Å². The summed E-state index contributed by atoms with van der Waals surface area (Å²) >= 11 is 0. The molecule has 94 valence electrons. The van der Waals surface area contributed by atoms with Gasteiger partial charge in [0.1, 0.15) is 5.82 Å². The average molecular weight is 235 g/mol. The van der Waals surface area contributed by atoms with Gasteiger partial charge >= 0.3 is 0 Å². The molecule has 0 aromatic heterocycles. The lowest BCUT2D eigenvalue weighted by atomic mass is 10.1. The normalized spacial score (nSPS) is 11.0. The van der Waals surface area contributed by atoms with E-state index in [9.17, 15) is 4.39 Å². The molecular formula is C15H22FN. The van der Waals surface area contributed by atoms with Gasteiger partial charge in [0, 0.05) is 7.05 Å². The van der Waals surface area contributed by atoms with E-state index in [-0.39, 0.29) is 5.82 Å². The molecule has 0 bridgehead atoms. The predicted molar refractivity (Wildman–Crippen MR) is 73.7 cm³/mol. The molecule has 0 heterocycles. The van der Waals surface area contributed by atoms with Crippen LogP contribution in [0.25, 0.3) is 6.08 Å². The van der Waals surface area contributed by atoms with E-state index in [1.807, 2.05) is 12.1 Å². The van der Waals surface area contributed by atoms with Crippen molar-refractivity contribution in [3.8, 4) is 0 Å².